The number of carbonyl (C=O) groups is 1. The quantitative estimate of drug-likeness (QED) is 0.919. The Morgan fingerprint density at radius 2 is 1.54 bits per heavy atom. The summed E-state index contributed by atoms with van der Waals surface area (Å²) in [5.41, 5.74) is 7.31. The third kappa shape index (κ3) is 2.73. The Kier molecular flexibility index (Phi) is 4.72. The predicted octanol–water partition coefficient (Wildman–Crippen LogP) is 3.19. The minimum Gasteiger partial charge on any atom is -0.369 e. The summed E-state index contributed by atoms with van der Waals surface area (Å²) in [5.74, 6) is -0.0716. The number of hydrogen-bond donors (Lipinski definition) is 1. The molecule has 2 aromatic rings. The lowest BCUT2D eigenvalue weighted by Gasteiger charge is -2.38. The van der Waals surface area contributed by atoms with Crippen molar-refractivity contribution >= 4 is 5.91 Å². The molecule has 1 saturated heterocycles. The van der Waals surface area contributed by atoms with Gasteiger partial charge in [0, 0.05) is 12.6 Å². The minimum atomic E-state index is -0.772. The number of amides is 1. The molecule has 3 rings (SSSR count). The maximum absolute atomic E-state index is 12.9. The Labute approximate surface area is 144 Å². The highest BCUT2D eigenvalue weighted by atomic mass is 16.1. The largest absolute Gasteiger partial charge is 0.369 e. The normalized spacial score (nSPS) is 18.9. The van der Waals surface area contributed by atoms with E-state index in [0.717, 1.165) is 30.6 Å². The molecule has 3 nitrogen and oxygen atoms in total. The van der Waals surface area contributed by atoms with Gasteiger partial charge in [-0.05, 0) is 43.9 Å². The topological polar surface area (TPSA) is 46.3 Å². The number of nitrogens with zero attached hydrogens (tertiary/aromatic N) is 1. The van der Waals surface area contributed by atoms with Crippen LogP contribution in [0.25, 0.3) is 0 Å². The molecule has 0 unspecified atom stereocenters. The van der Waals surface area contributed by atoms with Gasteiger partial charge in [-0.1, -0.05) is 60.7 Å². The van der Waals surface area contributed by atoms with Gasteiger partial charge in [0.1, 0.15) is 5.41 Å². The fourth-order valence-corrected chi connectivity index (χ4v) is 4.14. The molecule has 1 atom stereocenters. The molecule has 3 heteroatoms. The van der Waals surface area contributed by atoms with Gasteiger partial charge in [0.2, 0.25) is 5.91 Å². The molecule has 0 aromatic heterocycles. The molecule has 1 aliphatic heterocycles. The molecule has 1 fully saturated rings. The first-order valence-corrected chi connectivity index (χ1v) is 8.71. The van der Waals surface area contributed by atoms with Crippen LogP contribution in [-0.2, 0) is 10.2 Å². The number of hydrogen-bond acceptors (Lipinski definition) is 2. The SMILES string of the molecule is CC(C)N1CC[C@H](C(C(N)=O)(c2ccccc2)c2ccccc2)C1. The number of primary amides is 1. The molecule has 0 bridgehead atoms. The van der Waals surface area contributed by atoms with Crippen molar-refractivity contribution in [1.82, 2.24) is 4.90 Å². The smallest absolute Gasteiger partial charge is 0.232 e. The fourth-order valence-electron chi connectivity index (χ4n) is 4.14. The molecule has 126 valence electrons. The van der Waals surface area contributed by atoms with Crippen LogP contribution in [0.1, 0.15) is 31.4 Å². The Morgan fingerprint density at radius 1 is 1.04 bits per heavy atom. The second kappa shape index (κ2) is 6.78. The number of likely N-dealkylation sites (tertiary alicyclic amines) is 1. The van der Waals surface area contributed by atoms with E-state index in [1.807, 2.05) is 60.7 Å². The van der Waals surface area contributed by atoms with E-state index in [-0.39, 0.29) is 11.8 Å². The second-order valence-electron chi connectivity index (χ2n) is 6.98. The van der Waals surface area contributed by atoms with Crippen molar-refractivity contribution in [1.29, 1.82) is 0 Å². The maximum atomic E-state index is 12.9. The fraction of sp³-hybridized carbons (Fsp3) is 0.381. The van der Waals surface area contributed by atoms with Crippen LogP contribution >= 0.6 is 0 Å². The lowest BCUT2D eigenvalue weighted by atomic mass is 9.64. The summed E-state index contributed by atoms with van der Waals surface area (Å²) in [7, 11) is 0. The highest BCUT2D eigenvalue weighted by molar-refractivity contribution is 5.91. The highest BCUT2D eigenvalue weighted by Crippen LogP contribution is 2.43. The Balaban J connectivity index is 2.15. The standard InChI is InChI=1S/C21H26N2O/c1-16(2)23-14-13-19(15-23)21(20(22)24,17-9-5-3-6-10-17)18-11-7-4-8-12-18/h3-12,16,19H,13-15H2,1-2H3,(H2,22,24)/t19-/m0/s1. The highest BCUT2D eigenvalue weighted by Gasteiger charge is 2.49. The van der Waals surface area contributed by atoms with Gasteiger partial charge in [0.15, 0.2) is 0 Å². The van der Waals surface area contributed by atoms with Crippen LogP contribution < -0.4 is 5.73 Å². The summed E-state index contributed by atoms with van der Waals surface area (Å²) in [6.45, 7) is 6.32. The van der Waals surface area contributed by atoms with Crippen molar-refractivity contribution in [3.05, 3.63) is 71.8 Å². The van der Waals surface area contributed by atoms with Crippen LogP contribution in [0, 0.1) is 5.92 Å². The van der Waals surface area contributed by atoms with Crippen molar-refractivity contribution in [2.75, 3.05) is 13.1 Å². The molecule has 1 aliphatic rings. The molecule has 24 heavy (non-hydrogen) atoms. The Hall–Kier alpha value is -2.13. The molecule has 0 aliphatic carbocycles. The van der Waals surface area contributed by atoms with Gasteiger partial charge < -0.3 is 10.6 Å². The van der Waals surface area contributed by atoms with Gasteiger partial charge in [0.05, 0.1) is 0 Å². The van der Waals surface area contributed by atoms with Crippen LogP contribution in [-0.4, -0.2) is 29.9 Å². The predicted molar refractivity (Wildman–Crippen MR) is 97.7 cm³/mol. The Bertz CT molecular complexity index is 642. The molecular weight excluding hydrogens is 296 g/mol. The average molecular weight is 322 g/mol. The van der Waals surface area contributed by atoms with E-state index in [1.54, 1.807) is 0 Å². The van der Waals surface area contributed by atoms with Gasteiger partial charge in [-0.25, -0.2) is 0 Å². The van der Waals surface area contributed by atoms with Gasteiger partial charge in [-0.3, -0.25) is 4.79 Å². The number of carbonyl (C=O) groups excluding carboxylic acids is 1. The van der Waals surface area contributed by atoms with Crippen LogP contribution in [0.5, 0.6) is 0 Å². The second-order valence-corrected chi connectivity index (χ2v) is 6.98. The van der Waals surface area contributed by atoms with Crippen LogP contribution in [0.4, 0.5) is 0 Å². The van der Waals surface area contributed by atoms with Gasteiger partial charge >= 0.3 is 0 Å². The van der Waals surface area contributed by atoms with E-state index in [0.29, 0.717) is 6.04 Å². The first-order valence-electron chi connectivity index (χ1n) is 8.71. The zero-order valence-corrected chi connectivity index (χ0v) is 14.5. The monoisotopic (exact) mass is 322 g/mol. The minimum absolute atomic E-state index is 0.183. The molecule has 0 spiro atoms. The lowest BCUT2D eigenvalue weighted by Crippen LogP contribution is -2.49. The van der Waals surface area contributed by atoms with E-state index in [9.17, 15) is 4.79 Å². The van der Waals surface area contributed by atoms with Crippen molar-refractivity contribution in [3.8, 4) is 0 Å². The van der Waals surface area contributed by atoms with Gasteiger partial charge in [0.25, 0.3) is 0 Å². The number of benzene rings is 2. The summed E-state index contributed by atoms with van der Waals surface area (Å²) in [4.78, 5) is 15.3. The number of rotatable bonds is 5. The maximum Gasteiger partial charge on any atom is 0.232 e. The average Bonchev–Trinajstić information content (AvgIpc) is 3.08. The van der Waals surface area contributed by atoms with E-state index >= 15 is 0 Å². The van der Waals surface area contributed by atoms with E-state index in [1.165, 1.54) is 0 Å². The van der Waals surface area contributed by atoms with Crippen molar-refractivity contribution in [2.45, 2.75) is 31.7 Å². The summed E-state index contributed by atoms with van der Waals surface area (Å²) >= 11 is 0. The molecule has 0 saturated carbocycles. The van der Waals surface area contributed by atoms with E-state index in [4.69, 9.17) is 5.73 Å². The van der Waals surface area contributed by atoms with Crippen LogP contribution in [0.2, 0.25) is 0 Å². The Morgan fingerprint density at radius 3 is 1.92 bits per heavy atom. The molecule has 1 amide bonds. The third-order valence-corrected chi connectivity index (χ3v) is 5.41. The van der Waals surface area contributed by atoms with Crippen molar-refractivity contribution in [2.24, 2.45) is 11.7 Å². The zero-order valence-electron chi connectivity index (χ0n) is 14.5. The summed E-state index contributed by atoms with van der Waals surface area (Å²) < 4.78 is 0. The lowest BCUT2D eigenvalue weighted by molar-refractivity contribution is -0.123. The molecule has 0 radical (unpaired) electrons. The molecule has 2 N–H and O–H groups in total. The van der Waals surface area contributed by atoms with Crippen LogP contribution in [0.15, 0.2) is 60.7 Å². The van der Waals surface area contributed by atoms with Crippen molar-refractivity contribution in [3.63, 3.8) is 0 Å². The first kappa shape index (κ1) is 16.7. The third-order valence-electron chi connectivity index (χ3n) is 5.41. The van der Waals surface area contributed by atoms with Crippen molar-refractivity contribution < 1.29 is 4.79 Å². The van der Waals surface area contributed by atoms with Gasteiger partial charge in [-0.2, -0.15) is 0 Å². The zero-order chi connectivity index (χ0) is 17.2. The van der Waals surface area contributed by atoms with Gasteiger partial charge in [-0.15, -0.1) is 0 Å². The molecule has 2 aromatic carbocycles. The summed E-state index contributed by atoms with van der Waals surface area (Å²) in [6.07, 6.45) is 0.977. The van der Waals surface area contributed by atoms with E-state index < -0.39 is 5.41 Å². The summed E-state index contributed by atoms with van der Waals surface area (Å²) in [6, 6.07) is 20.6. The molecular formula is C21H26N2O. The number of nitrogens with two attached hydrogens (primary N) is 1. The van der Waals surface area contributed by atoms with Crippen LogP contribution in [0.3, 0.4) is 0 Å². The van der Waals surface area contributed by atoms with E-state index in [2.05, 4.69) is 18.7 Å². The molecule has 1 heterocycles. The summed E-state index contributed by atoms with van der Waals surface area (Å²) in [5, 5.41) is 0. The first-order chi connectivity index (χ1) is 11.6.